The van der Waals surface area contributed by atoms with Gasteiger partial charge in [-0.15, -0.1) is 0 Å². The highest BCUT2D eigenvalue weighted by Crippen LogP contribution is 2.34. The lowest BCUT2D eigenvalue weighted by Crippen LogP contribution is -2.47. The van der Waals surface area contributed by atoms with Gasteiger partial charge in [0.2, 0.25) is 0 Å². The normalized spacial score (nSPS) is 13.9. The second kappa shape index (κ2) is 11.6. The first kappa shape index (κ1) is 24.4. The molecular weight excluding hydrogens is 442 g/mol. The Bertz CT molecular complexity index is 1110. The summed E-state index contributed by atoms with van der Waals surface area (Å²) in [7, 11) is 3.31. The Hall–Kier alpha value is -3.71. The van der Waals surface area contributed by atoms with Gasteiger partial charge in [0.25, 0.3) is 0 Å². The molecule has 1 aliphatic rings. The summed E-state index contributed by atoms with van der Waals surface area (Å²) in [6, 6.07) is 23.6. The topological polar surface area (TPSA) is 65.5 Å². The van der Waals surface area contributed by atoms with Gasteiger partial charge < -0.3 is 19.5 Å². The van der Waals surface area contributed by atoms with Gasteiger partial charge in [-0.1, -0.05) is 42.5 Å². The van der Waals surface area contributed by atoms with E-state index in [1.807, 2.05) is 66.7 Å². The van der Waals surface area contributed by atoms with E-state index in [-0.39, 0.29) is 0 Å². The largest absolute Gasteiger partial charge is 0.496 e. The average Bonchev–Trinajstić information content (AvgIpc) is 2.91. The highest BCUT2D eigenvalue weighted by atomic mass is 16.5. The molecule has 1 heterocycles. The lowest BCUT2D eigenvalue weighted by Gasteiger charge is -2.36. The number of benzene rings is 3. The van der Waals surface area contributed by atoms with Crippen LogP contribution in [0.3, 0.4) is 0 Å². The molecule has 1 saturated heterocycles. The van der Waals surface area contributed by atoms with E-state index in [2.05, 4.69) is 15.9 Å². The Labute approximate surface area is 207 Å². The number of nitrogens with zero attached hydrogens (tertiary/aromatic N) is 3. The number of rotatable bonds is 9. The number of carbonyl (C=O) groups is 1. The van der Waals surface area contributed by atoms with Crippen LogP contribution in [0.1, 0.15) is 6.42 Å². The van der Waals surface area contributed by atoms with Crippen molar-refractivity contribution in [3.05, 3.63) is 72.8 Å². The Morgan fingerprint density at radius 3 is 2.26 bits per heavy atom. The number of hydrogen-bond donors (Lipinski definition) is 1. The highest BCUT2D eigenvalue weighted by Gasteiger charge is 2.21. The summed E-state index contributed by atoms with van der Waals surface area (Å²) in [6.45, 7) is 4.98. The molecule has 0 saturated carbocycles. The van der Waals surface area contributed by atoms with Crippen LogP contribution in [0.2, 0.25) is 0 Å². The van der Waals surface area contributed by atoms with Crippen molar-refractivity contribution in [3.8, 4) is 22.6 Å². The molecule has 184 valence electrons. The van der Waals surface area contributed by atoms with Crippen LogP contribution in [0.5, 0.6) is 11.5 Å². The van der Waals surface area contributed by atoms with Gasteiger partial charge in [-0.25, -0.2) is 4.79 Å². The molecule has 0 unspecified atom stereocenters. The predicted molar refractivity (Wildman–Crippen MR) is 140 cm³/mol. The standard InChI is InChI=1S/C28H33N3O4/c1-34-26-12-7-6-11-25(26)30-19-17-29(18-20-30)15-8-16-31(28(32)33)23-13-14-24(27(21-23)35-2)22-9-4-3-5-10-22/h3-7,9-14,21H,8,15-20H2,1-2H3,(H,32,33). The molecule has 1 aliphatic heterocycles. The summed E-state index contributed by atoms with van der Waals surface area (Å²) in [6.07, 6.45) is -0.204. The monoisotopic (exact) mass is 475 g/mol. The molecule has 1 amide bonds. The first-order valence-electron chi connectivity index (χ1n) is 11.9. The fourth-order valence-corrected chi connectivity index (χ4v) is 4.60. The third kappa shape index (κ3) is 5.87. The number of ether oxygens (including phenoxy) is 2. The molecule has 4 rings (SSSR count). The van der Waals surface area contributed by atoms with Crippen molar-refractivity contribution in [2.45, 2.75) is 6.42 Å². The summed E-state index contributed by atoms with van der Waals surface area (Å²) in [4.78, 5) is 18.2. The maximum absolute atomic E-state index is 12.0. The SMILES string of the molecule is COc1cc(N(CCCN2CCN(c3ccccc3OC)CC2)C(=O)O)ccc1-c1ccccc1. The molecule has 0 aromatic heterocycles. The van der Waals surface area contributed by atoms with Crippen molar-refractivity contribution in [2.24, 2.45) is 0 Å². The number of para-hydroxylation sites is 2. The van der Waals surface area contributed by atoms with Gasteiger partial charge in [-0.2, -0.15) is 0 Å². The van der Waals surface area contributed by atoms with Crippen LogP contribution in [0, 0.1) is 0 Å². The quantitative estimate of drug-likeness (QED) is 0.466. The van der Waals surface area contributed by atoms with Crippen LogP contribution < -0.4 is 19.3 Å². The average molecular weight is 476 g/mol. The lowest BCUT2D eigenvalue weighted by molar-refractivity contribution is 0.200. The molecule has 0 radical (unpaired) electrons. The minimum Gasteiger partial charge on any atom is -0.496 e. The molecule has 35 heavy (non-hydrogen) atoms. The zero-order valence-electron chi connectivity index (χ0n) is 20.4. The smallest absolute Gasteiger partial charge is 0.411 e. The van der Waals surface area contributed by atoms with E-state index in [0.717, 1.165) is 61.7 Å². The molecule has 3 aromatic rings. The molecule has 1 fully saturated rings. The van der Waals surface area contributed by atoms with Crippen LogP contribution >= 0.6 is 0 Å². The summed E-state index contributed by atoms with van der Waals surface area (Å²) in [5, 5.41) is 9.88. The maximum atomic E-state index is 12.0. The van der Waals surface area contributed by atoms with Gasteiger partial charge in [-0.05, 0) is 42.8 Å². The van der Waals surface area contributed by atoms with E-state index in [1.54, 1.807) is 14.2 Å². The van der Waals surface area contributed by atoms with Crippen molar-refractivity contribution in [3.63, 3.8) is 0 Å². The predicted octanol–water partition coefficient (Wildman–Crippen LogP) is 5.07. The summed E-state index contributed by atoms with van der Waals surface area (Å²) >= 11 is 0. The van der Waals surface area contributed by atoms with E-state index in [0.29, 0.717) is 18.0 Å². The summed E-state index contributed by atoms with van der Waals surface area (Å²) < 4.78 is 11.1. The Morgan fingerprint density at radius 1 is 0.886 bits per heavy atom. The van der Waals surface area contributed by atoms with Gasteiger partial charge in [0.05, 0.1) is 25.6 Å². The Morgan fingerprint density at radius 2 is 1.57 bits per heavy atom. The molecule has 3 aromatic carbocycles. The number of anilines is 2. The van der Waals surface area contributed by atoms with Gasteiger partial charge in [0.15, 0.2) is 0 Å². The Balaban J connectivity index is 1.34. The van der Waals surface area contributed by atoms with Crippen molar-refractivity contribution in [1.82, 2.24) is 4.90 Å². The second-order valence-electron chi connectivity index (χ2n) is 8.54. The van der Waals surface area contributed by atoms with Gasteiger partial charge >= 0.3 is 6.09 Å². The van der Waals surface area contributed by atoms with Crippen molar-refractivity contribution >= 4 is 17.5 Å². The van der Waals surface area contributed by atoms with Crippen LogP contribution in [0.15, 0.2) is 72.8 Å². The number of hydrogen-bond acceptors (Lipinski definition) is 5. The minimum absolute atomic E-state index is 0.426. The van der Waals surface area contributed by atoms with Gasteiger partial charge in [0, 0.05) is 44.4 Å². The summed E-state index contributed by atoms with van der Waals surface area (Å²) in [5.74, 6) is 1.55. The fraction of sp³-hybridized carbons (Fsp3) is 0.321. The molecule has 0 aliphatic carbocycles. The van der Waals surface area contributed by atoms with Gasteiger partial charge in [0.1, 0.15) is 11.5 Å². The maximum Gasteiger partial charge on any atom is 0.411 e. The van der Waals surface area contributed by atoms with E-state index < -0.39 is 6.09 Å². The summed E-state index contributed by atoms with van der Waals surface area (Å²) in [5.41, 5.74) is 3.72. The lowest BCUT2D eigenvalue weighted by atomic mass is 10.0. The first-order valence-corrected chi connectivity index (χ1v) is 11.9. The molecule has 1 N–H and O–H groups in total. The Kier molecular flexibility index (Phi) is 8.11. The van der Waals surface area contributed by atoms with E-state index in [9.17, 15) is 9.90 Å². The number of amides is 1. The number of methoxy groups -OCH3 is 2. The van der Waals surface area contributed by atoms with Crippen molar-refractivity contribution in [1.29, 1.82) is 0 Å². The first-order chi connectivity index (χ1) is 17.1. The molecular formula is C28H33N3O4. The third-order valence-corrected chi connectivity index (χ3v) is 6.47. The van der Waals surface area contributed by atoms with Crippen molar-refractivity contribution in [2.75, 3.05) is 63.3 Å². The highest BCUT2D eigenvalue weighted by molar-refractivity contribution is 5.87. The molecule has 0 atom stereocenters. The number of carboxylic acid groups (broad SMARTS) is 1. The molecule has 7 heteroatoms. The molecule has 7 nitrogen and oxygen atoms in total. The minimum atomic E-state index is -0.958. The second-order valence-corrected chi connectivity index (χ2v) is 8.54. The van der Waals surface area contributed by atoms with E-state index >= 15 is 0 Å². The molecule has 0 bridgehead atoms. The van der Waals surface area contributed by atoms with Gasteiger partial charge in [-0.3, -0.25) is 9.80 Å². The zero-order chi connectivity index (χ0) is 24.6. The zero-order valence-corrected chi connectivity index (χ0v) is 20.4. The van der Waals surface area contributed by atoms with E-state index in [4.69, 9.17) is 9.47 Å². The third-order valence-electron chi connectivity index (χ3n) is 6.47. The fourth-order valence-electron chi connectivity index (χ4n) is 4.60. The van der Waals surface area contributed by atoms with Crippen LogP contribution in [-0.4, -0.2) is 69.6 Å². The molecule has 0 spiro atoms. The van der Waals surface area contributed by atoms with Crippen molar-refractivity contribution < 1.29 is 19.4 Å². The van der Waals surface area contributed by atoms with Crippen LogP contribution in [-0.2, 0) is 0 Å². The van der Waals surface area contributed by atoms with Crippen LogP contribution in [0.4, 0.5) is 16.2 Å². The van der Waals surface area contributed by atoms with Crippen LogP contribution in [0.25, 0.3) is 11.1 Å². The number of piperazine rings is 1. The van der Waals surface area contributed by atoms with E-state index in [1.165, 1.54) is 4.90 Å².